The Morgan fingerprint density at radius 3 is 2.45 bits per heavy atom. The molecule has 0 spiro atoms. The number of nitrogen functional groups attached to an aromatic ring is 1. The smallest absolute Gasteiger partial charge is 0.383 e. The fraction of sp³-hybridized carbons (Fsp3) is 0.0833. The molecule has 0 aliphatic heterocycles. The van der Waals surface area contributed by atoms with Crippen LogP contribution in [0.3, 0.4) is 0 Å². The van der Waals surface area contributed by atoms with Gasteiger partial charge in [-0.25, -0.2) is 4.98 Å². The summed E-state index contributed by atoms with van der Waals surface area (Å²) in [6, 6.07) is 8.02. The lowest BCUT2D eigenvalue weighted by Crippen LogP contribution is -2.15. The predicted octanol–water partition coefficient (Wildman–Crippen LogP) is 2.39. The van der Waals surface area contributed by atoms with Gasteiger partial charge < -0.3 is 5.73 Å². The van der Waals surface area contributed by atoms with E-state index in [9.17, 15) is 13.2 Å². The summed E-state index contributed by atoms with van der Waals surface area (Å²) in [5.41, 5.74) is 4.87. The van der Waals surface area contributed by atoms with Gasteiger partial charge in [-0.1, -0.05) is 30.3 Å². The van der Waals surface area contributed by atoms with Gasteiger partial charge in [-0.3, -0.25) is 0 Å². The molecule has 0 saturated heterocycles. The molecule has 20 heavy (non-hydrogen) atoms. The molecule has 0 aliphatic rings. The summed E-state index contributed by atoms with van der Waals surface area (Å²) in [7, 11) is 0. The largest absolute Gasteiger partial charge is 0.434 e. The predicted molar refractivity (Wildman–Crippen MR) is 65.6 cm³/mol. The Morgan fingerprint density at radius 1 is 1.10 bits per heavy atom. The molecule has 2 heterocycles. The topological polar surface area (TPSA) is 69.1 Å². The number of anilines is 1. The van der Waals surface area contributed by atoms with Crippen molar-refractivity contribution in [3.63, 3.8) is 0 Å². The lowest BCUT2D eigenvalue weighted by atomic mass is 10.0. The maximum absolute atomic E-state index is 13.2. The van der Waals surface area contributed by atoms with Gasteiger partial charge in [0.05, 0.1) is 5.56 Å². The molecule has 0 radical (unpaired) electrons. The molecule has 5 nitrogen and oxygen atoms in total. The lowest BCUT2D eigenvalue weighted by molar-refractivity contribution is -0.140. The Bertz CT molecular complexity index is 764. The molecule has 0 bridgehead atoms. The van der Waals surface area contributed by atoms with Gasteiger partial charge in [-0.15, -0.1) is 0 Å². The van der Waals surface area contributed by atoms with Gasteiger partial charge in [0.15, 0.2) is 5.69 Å². The van der Waals surface area contributed by atoms with Crippen molar-refractivity contribution in [3.05, 3.63) is 42.4 Å². The van der Waals surface area contributed by atoms with Crippen molar-refractivity contribution >= 4 is 11.6 Å². The zero-order valence-electron chi connectivity index (χ0n) is 9.96. The minimum absolute atomic E-state index is 0.147. The second kappa shape index (κ2) is 4.19. The first-order chi connectivity index (χ1) is 9.48. The first-order valence-electron chi connectivity index (χ1n) is 5.60. The molecular weight excluding hydrogens is 271 g/mol. The maximum atomic E-state index is 13.2. The molecule has 0 unspecified atom stereocenters. The van der Waals surface area contributed by atoms with E-state index >= 15 is 0 Å². The highest BCUT2D eigenvalue weighted by Gasteiger charge is 2.38. The first kappa shape index (κ1) is 12.4. The third-order valence-electron chi connectivity index (χ3n) is 2.79. The Morgan fingerprint density at radius 2 is 1.80 bits per heavy atom. The van der Waals surface area contributed by atoms with Gasteiger partial charge in [0.1, 0.15) is 12.1 Å². The first-order valence-corrected chi connectivity index (χ1v) is 5.60. The summed E-state index contributed by atoms with van der Waals surface area (Å²) in [5, 5.41) is 3.78. The SMILES string of the molecule is Nc1c(-c2ccccc2)c(C(F)(F)F)nc2ncnn12. The summed E-state index contributed by atoms with van der Waals surface area (Å²) in [6.07, 6.45) is -3.53. The second-order valence-electron chi connectivity index (χ2n) is 4.06. The zero-order valence-corrected chi connectivity index (χ0v) is 9.96. The highest BCUT2D eigenvalue weighted by Crippen LogP contribution is 2.38. The molecule has 102 valence electrons. The lowest BCUT2D eigenvalue weighted by Gasteiger charge is -2.14. The summed E-state index contributed by atoms with van der Waals surface area (Å²) >= 11 is 0. The van der Waals surface area contributed by atoms with Crippen LogP contribution in [0.2, 0.25) is 0 Å². The van der Waals surface area contributed by atoms with Crippen LogP contribution in [-0.2, 0) is 6.18 Å². The summed E-state index contributed by atoms with van der Waals surface area (Å²) in [5.74, 6) is -0.333. The summed E-state index contributed by atoms with van der Waals surface area (Å²) in [4.78, 5) is 7.18. The quantitative estimate of drug-likeness (QED) is 0.742. The molecule has 8 heteroatoms. The molecule has 3 rings (SSSR count). The number of fused-ring (bicyclic) bond motifs is 1. The van der Waals surface area contributed by atoms with Crippen molar-refractivity contribution in [2.45, 2.75) is 6.18 Å². The van der Waals surface area contributed by atoms with E-state index in [4.69, 9.17) is 5.73 Å². The number of hydrogen-bond donors (Lipinski definition) is 1. The normalized spacial score (nSPS) is 11.9. The number of benzene rings is 1. The molecule has 0 saturated carbocycles. The van der Waals surface area contributed by atoms with E-state index in [0.717, 1.165) is 10.8 Å². The minimum atomic E-state index is -4.63. The zero-order chi connectivity index (χ0) is 14.3. The number of alkyl halides is 3. The summed E-state index contributed by atoms with van der Waals surface area (Å²) < 4.78 is 40.6. The number of nitrogens with two attached hydrogens (primary N) is 1. The van der Waals surface area contributed by atoms with Crippen molar-refractivity contribution in [1.82, 2.24) is 19.6 Å². The number of rotatable bonds is 1. The Balaban J connectivity index is 2.41. The Hall–Kier alpha value is -2.64. The van der Waals surface area contributed by atoms with Gasteiger partial charge in [0, 0.05) is 0 Å². The van der Waals surface area contributed by atoms with Crippen LogP contribution in [0, 0.1) is 0 Å². The van der Waals surface area contributed by atoms with E-state index in [1.165, 1.54) is 12.1 Å². The van der Waals surface area contributed by atoms with Crippen LogP contribution >= 0.6 is 0 Å². The molecule has 0 fully saturated rings. The molecule has 0 aliphatic carbocycles. The summed E-state index contributed by atoms with van der Waals surface area (Å²) in [6.45, 7) is 0. The number of nitrogens with zero attached hydrogens (tertiary/aromatic N) is 4. The van der Waals surface area contributed by atoms with Crippen LogP contribution < -0.4 is 5.73 Å². The van der Waals surface area contributed by atoms with Crippen LogP contribution in [0.25, 0.3) is 16.9 Å². The van der Waals surface area contributed by atoms with E-state index in [1.54, 1.807) is 18.2 Å². The molecule has 2 N–H and O–H groups in total. The molecule has 3 aromatic rings. The Labute approximate surface area is 110 Å². The number of hydrogen-bond acceptors (Lipinski definition) is 4. The third kappa shape index (κ3) is 1.85. The van der Waals surface area contributed by atoms with Gasteiger partial charge >= 0.3 is 6.18 Å². The molecular formula is C12H8F3N5. The van der Waals surface area contributed by atoms with Crippen molar-refractivity contribution in [1.29, 1.82) is 0 Å². The van der Waals surface area contributed by atoms with Crippen LogP contribution in [-0.4, -0.2) is 19.6 Å². The average molecular weight is 279 g/mol. The minimum Gasteiger partial charge on any atom is -0.383 e. The highest BCUT2D eigenvalue weighted by atomic mass is 19.4. The van der Waals surface area contributed by atoms with E-state index in [2.05, 4.69) is 15.1 Å². The van der Waals surface area contributed by atoms with E-state index in [-0.39, 0.29) is 17.2 Å². The van der Waals surface area contributed by atoms with Gasteiger partial charge in [-0.2, -0.15) is 27.8 Å². The van der Waals surface area contributed by atoms with Crippen LogP contribution in [0.4, 0.5) is 19.0 Å². The van der Waals surface area contributed by atoms with E-state index in [0.29, 0.717) is 5.56 Å². The second-order valence-corrected chi connectivity index (χ2v) is 4.06. The van der Waals surface area contributed by atoms with Crippen molar-refractivity contribution in [2.24, 2.45) is 0 Å². The van der Waals surface area contributed by atoms with Gasteiger partial charge in [0.25, 0.3) is 5.78 Å². The maximum Gasteiger partial charge on any atom is 0.434 e. The third-order valence-corrected chi connectivity index (χ3v) is 2.79. The molecule has 1 aromatic carbocycles. The number of aromatic nitrogens is 4. The van der Waals surface area contributed by atoms with Crippen molar-refractivity contribution in [3.8, 4) is 11.1 Å². The standard InChI is InChI=1S/C12H8F3N5/c13-12(14,15)9-8(7-4-2-1-3-5-7)10(16)20-11(19-9)17-6-18-20/h1-6H,16H2. The monoisotopic (exact) mass is 279 g/mol. The molecule has 0 amide bonds. The van der Waals surface area contributed by atoms with Gasteiger partial charge in [0.2, 0.25) is 0 Å². The fourth-order valence-electron chi connectivity index (χ4n) is 1.96. The van der Waals surface area contributed by atoms with Crippen LogP contribution in [0.15, 0.2) is 36.7 Å². The van der Waals surface area contributed by atoms with Crippen LogP contribution in [0.5, 0.6) is 0 Å². The van der Waals surface area contributed by atoms with Crippen LogP contribution in [0.1, 0.15) is 5.69 Å². The van der Waals surface area contributed by atoms with Crippen molar-refractivity contribution < 1.29 is 13.2 Å². The molecule has 2 aromatic heterocycles. The van der Waals surface area contributed by atoms with E-state index in [1.807, 2.05) is 0 Å². The van der Waals surface area contributed by atoms with Gasteiger partial charge in [-0.05, 0) is 5.56 Å². The Kier molecular flexibility index (Phi) is 2.60. The molecule has 0 atom stereocenters. The fourth-order valence-corrected chi connectivity index (χ4v) is 1.96. The van der Waals surface area contributed by atoms with E-state index < -0.39 is 11.9 Å². The average Bonchev–Trinajstić information content (AvgIpc) is 2.87. The number of halogens is 3. The highest BCUT2D eigenvalue weighted by molar-refractivity contribution is 5.77. The van der Waals surface area contributed by atoms with Crippen molar-refractivity contribution in [2.75, 3.05) is 5.73 Å².